The van der Waals surface area contributed by atoms with Gasteiger partial charge < -0.3 is 4.90 Å². The van der Waals surface area contributed by atoms with Crippen molar-refractivity contribution in [2.45, 2.75) is 25.7 Å². The highest BCUT2D eigenvalue weighted by atomic mass is 79.9. The molecule has 4 heteroatoms. The van der Waals surface area contributed by atoms with Crippen molar-refractivity contribution >= 4 is 21.8 Å². The molecule has 0 spiro atoms. The maximum atomic E-state index is 13.1. The fourth-order valence-corrected chi connectivity index (χ4v) is 2.82. The Labute approximate surface area is 121 Å². The lowest BCUT2D eigenvalue weighted by molar-refractivity contribution is 0.0738. The van der Waals surface area contributed by atoms with Crippen molar-refractivity contribution in [2.24, 2.45) is 11.8 Å². The van der Waals surface area contributed by atoms with Crippen LogP contribution in [0.4, 0.5) is 4.39 Å². The summed E-state index contributed by atoms with van der Waals surface area (Å²) in [5.41, 5.74) is 0.572. The molecule has 0 bridgehead atoms. The number of nitrogens with zero attached hydrogens (tertiary/aromatic N) is 1. The second-order valence-corrected chi connectivity index (χ2v) is 6.58. The molecular formula is C15H17BrFNO. The SMILES string of the molecule is O=C(c1ccc(F)cc1Br)N(CC1CC1)CC1CC1. The minimum Gasteiger partial charge on any atom is -0.338 e. The van der Waals surface area contributed by atoms with E-state index in [1.807, 2.05) is 4.90 Å². The number of amides is 1. The molecule has 1 aromatic carbocycles. The van der Waals surface area contributed by atoms with Crippen LogP contribution in [0.15, 0.2) is 22.7 Å². The fourth-order valence-electron chi connectivity index (χ4n) is 2.30. The number of hydrogen-bond acceptors (Lipinski definition) is 1. The van der Waals surface area contributed by atoms with Crippen molar-refractivity contribution < 1.29 is 9.18 Å². The molecule has 0 N–H and O–H groups in total. The lowest BCUT2D eigenvalue weighted by atomic mass is 10.1. The van der Waals surface area contributed by atoms with E-state index in [0.29, 0.717) is 21.9 Å². The summed E-state index contributed by atoms with van der Waals surface area (Å²) < 4.78 is 13.6. The van der Waals surface area contributed by atoms with Gasteiger partial charge in [0.15, 0.2) is 0 Å². The molecular weight excluding hydrogens is 309 g/mol. The Hall–Kier alpha value is -0.900. The summed E-state index contributed by atoms with van der Waals surface area (Å²) in [5, 5.41) is 0. The highest BCUT2D eigenvalue weighted by molar-refractivity contribution is 9.10. The summed E-state index contributed by atoms with van der Waals surface area (Å²) in [5.74, 6) is 1.08. The van der Waals surface area contributed by atoms with Crippen LogP contribution in [0, 0.1) is 17.7 Å². The van der Waals surface area contributed by atoms with Gasteiger partial charge in [-0.25, -0.2) is 4.39 Å². The van der Waals surface area contributed by atoms with Crippen LogP contribution in [-0.2, 0) is 0 Å². The predicted molar refractivity (Wildman–Crippen MR) is 75.5 cm³/mol. The maximum Gasteiger partial charge on any atom is 0.255 e. The van der Waals surface area contributed by atoms with Crippen LogP contribution in [0.2, 0.25) is 0 Å². The lowest BCUT2D eigenvalue weighted by Gasteiger charge is -2.23. The third-order valence-electron chi connectivity index (χ3n) is 3.80. The van der Waals surface area contributed by atoms with Crippen molar-refractivity contribution in [1.82, 2.24) is 4.90 Å². The molecule has 0 saturated heterocycles. The zero-order chi connectivity index (χ0) is 13.4. The summed E-state index contributed by atoms with van der Waals surface area (Å²) in [6.07, 6.45) is 4.94. The van der Waals surface area contributed by atoms with Crippen LogP contribution >= 0.6 is 15.9 Å². The van der Waals surface area contributed by atoms with Gasteiger partial charge in [-0.2, -0.15) is 0 Å². The van der Waals surface area contributed by atoms with E-state index >= 15 is 0 Å². The van der Waals surface area contributed by atoms with Gasteiger partial charge in [0, 0.05) is 17.6 Å². The van der Waals surface area contributed by atoms with Gasteiger partial charge in [0.25, 0.3) is 5.91 Å². The molecule has 1 aromatic rings. The van der Waals surface area contributed by atoms with E-state index in [-0.39, 0.29) is 11.7 Å². The highest BCUT2D eigenvalue weighted by Gasteiger charge is 2.32. The van der Waals surface area contributed by atoms with Gasteiger partial charge in [0.05, 0.1) is 5.56 Å². The molecule has 2 aliphatic rings. The Morgan fingerprint density at radius 1 is 1.21 bits per heavy atom. The number of carbonyl (C=O) groups is 1. The Bertz CT molecular complexity index is 483. The maximum absolute atomic E-state index is 13.1. The van der Waals surface area contributed by atoms with Gasteiger partial charge in [-0.1, -0.05) is 0 Å². The molecule has 2 nitrogen and oxygen atoms in total. The Balaban J connectivity index is 1.76. The molecule has 2 saturated carbocycles. The van der Waals surface area contributed by atoms with Crippen molar-refractivity contribution in [1.29, 1.82) is 0 Å². The minimum atomic E-state index is -0.320. The van der Waals surface area contributed by atoms with Crippen molar-refractivity contribution in [3.8, 4) is 0 Å². The van der Waals surface area contributed by atoms with Crippen molar-refractivity contribution in [3.05, 3.63) is 34.1 Å². The molecule has 1 amide bonds. The molecule has 3 rings (SSSR count). The van der Waals surface area contributed by atoms with Crippen LogP contribution in [-0.4, -0.2) is 23.9 Å². The van der Waals surface area contributed by atoms with Crippen LogP contribution in [0.3, 0.4) is 0 Å². The number of benzene rings is 1. The summed E-state index contributed by atoms with van der Waals surface area (Å²) in [6.45, 7) is 1.72. The zero-order valence-corrected chi connectivity index (χ0v) is 12.3. The van der Waals surface area contributed by atoms with Gasteiger partial charge in [-0.05, 0) is 71.6 Å². The topological polar surface area (TPSA) is 20.3 Å². The number of carbonyl (C=O) groups excluding carboxylic acids is 1. The molecule has 0 heterocycles. The van der Waals surface area contributed by atoms with Crippen molar-refractivity contribution in [2.75, 3.05) is 13.1 Å². The molecule has 0 aliphatic heterocycles. The molecule has 0 unspecified atom stereocenters. The van der Waals surface area contributed by atoms with E-state index in [9.17, 15) is 9.18 Å². The average Bonchev–Trinajstić information content (AvgIpc) is 3.22. The normalized spacial score (nSPS) is 18.4. The Kier molecular flexibility index (Phi) is 3.61. The second kappa shape index (κ2) is 5.23. The van der Waals surface area contributed by atoms with Gasteiger partial charge in [0.1, 0.15) is 5.82 Å². The average molecular weight is 326 g/mol. The standard InChI is InChI=1S/C15H17BrFNO/c16-14-7-12(17)5-6-13(14)15(19)18(8-10-1-2-10)9-11-3-4-11/h5-7,10-11H,1-4,8-9H2. The summed E-state index contributed by atoms with van der Waals surface area (Å²) in [6, 6.07) is 4.29. The zero-order valence-electron chi connectivity index (χ0n) is 10.7. The summed E-state index contributed by atoms with van der Waals surface area (Å²) in [7, 11) is 0. The van der Waals surface area contributed by atoms with Gasteiger partial charge in [0.2, 0.25) is 0 Å². The van der Waals surface area contributed by atoms with Crippen LogP contribution < -0.4 is 0 Å². The number of hydrogen-bond donors (Lipinski definition) is 0. The fraction of sp³-hybridized carbons (Fsp3) is 0.533. The van der Waals surface area contributed by atoms with Crippen LogP contribution in [0.5, 0.6) is 0 Å². The highest BCUT2D eigenvalue weighted by Crippen LogP contribution is 2.34. The molecule has 0 atom stereocenters. The van der Waals surface area contributed by atoms with E-state index in [4.69, 9.17) is 0 Å². The minimum absolute atomic E-state index is 0.0330. The summed E-state index contributed by atoms with van der Waals surface area (Å²) in [4.78, 5) is 14.5. The lowest BCUT2D eigenvalue weighted by Crippen LogP contribution is -2.35. The Morgan fingerprint density at radius 2 is 1.79 bits per heavy atom. The van der Waals surface area contributed by atoms with E-state index in [1.54, 1.807) is 6.07 Å². The number of halogens is 2. The van der Waals surface area contributed by atoms with Crippen molar-refractivity contribution in [3.63, 3.8) is 0 Å². The first-order valence-corrected chi connectivity index (χ1v) is 7.67. The monoisotopic (exact) mass is 325 g/mol. The molecule has 0 radical (unpaired) electrons. The Morgan fingerprint density at radius 3 is 2.26 bits per heavy atom. The smallest absolute Gasteiger partial charge is 0.255 e. The van der Waals surface area contributed by atoms with E-state index < -0.39 is 0 Å². The predicted octanol–water partition coefficient (Wildman–Crippen LogP) is 3.85. The third kappa shape index (κ3) is 3.35. The van der Waals surface area contributed by atoms with E-state index in [2.05, 4.69) is 15.9 Å². The first kappa shape index (κ1) is 13.1. The molecule has 2 aliphatic carbocycles. The van der Waals surface area contributed by atoms with Crippen LogP contribution in [0.25, 0.3) is 0 Å². The van der Waals surface area contributed by atoms with E-state index in [0.717, 1.165) is 13.1 Å². The molecule has 0 aromatic heterocycles. The van der Waals surface area contributed by atoms with E-state index in [1.165, 1.54) is 37.8 Å². The summed E-state index contributed by atoms with van der Waals surface area (Å²) >= 11 is 3.29. The van der Waals surface area contributed by atoms with Crippen LogP contribution in [0.1, 0.15) is 36.0 Å². The third-order valence-corrected chi connectivity index (χ3v) is 4.46. The second-order valence-electron chi connectivity index (χ2n) is 5.72. The molecule has 19 heavy (non-hydrogen) atoms. The molecule has 2 fully saturated rings. The van der Waals surface area contributed by atoms with Gasteiger partial charge in [-0.15, -0.1) is 0 Å². The number of rotatable bonds is 5. The largest absolute Gasteiger partial charge is 0.338 e. The first-order valence-electron chi connectivity index (χ1n) is 6.88. The molecule has 102 valence electrons. The van der Waals surface area contributed by atoms with Gasteiger partial charge >= 0.3 is 0 Å². The first-order chi connectivity index (χ1) is 9.13. The quantitative estimate of drug-likeness (QED) is 0.805. The van der Waals surface area contributed by atoms with Gasteiger partial charge in [-0.3, -0.25) is 4.79 Å².